The molecule has 1 N–H and O–H groups in total. The molecule has 2 aromatic rings. The first-order valence-corrected chi connectivity index (χ1v) is 10.4. The number of carbonyl (C=O) groups is 1. The van der Waals surface area contributed by atoms with E-state index in [1.54, 1.807) is 13.0 Å². The molecule has 0 aromatic heterocycles. The molecule has 0 saturated carbocycles. The van der Waals surface area contributed by atoms with Gasteiger partial charge in [-0.15, -0.1) is 0 Å². The highest BCUT2D eigenvalue weighted by Gasteiger charge is 2.27. The number of nitrogens with zero attached hydrogens (tertiary/aromatic N) is 3. The molecular weight excluding hydrogens is 396 g/mol. The van der Waals surface area contributed by atoms with Crippen LogP contribution in [0.1, 0.15) is 35.7 Å². The van der Waals surface area contributed by atoms with Crippen molar-refractivity contribution in [1.82, 2.24) is 9.73 Å². The number of carbonyl (C=O) groups excluding carboxylic acids is 1. The number of rotatable bonds is 6. The monoisotopic (exact) mass is 416 g/mol. The Hall–Kier alpha value is -3.11. The molecule has 0 radical (unpaired) electrons. The normalized spacial score (nSPS) is 15.3. The zero-order valence-electron chi connectivity index (χ0n) is 15.7. The number of benzene rings is 2. The third-order valence-electron chi connectivity index (χ3n) is 4.60. The Labute approximate surface area is 168 Å². The lowest BCUT2D eigenvalue weighted by Crippen LogP contribution is -2.28. The molecule has 1 fully saturated rings. The quantitative estimate of drug-likeness (QED) is 0.440. The zero-order valence-corrected chi connectivity index (χ0v) is 16.6. The lowest BCUT2D eigenvalue weighted by atomic mass is 10.1. The van der Waals surface area contributed by atoms with Gasteiger partial charge in [-0.3, -0.25) is 14.9 Å². The van der Waals surface area contributed by atoms with Crippen LogP contribution in [-0.2, 0) is 10.0 Å². The summed E-state index contributed by atoms with van der Waals surface area (Å²) in [6.07, 6.45) is 1.65. The summed E-state index contributed by atoms with van der Waals surface area (Å²) in [6, 6.07) is 11.7. The Bertz CT molecular complexity index is 1080. The van der Waals surface area contributed by atoms with Gasteiger partial charge in [0.1, 0.15) is 0 Å². The van der Waals surface area contributed by atoms with Gasteiger partial charge in [-0.25, -0.2) is 13.8 Å². The van der Waals surface area contributed by atoms with E-state index < -0.39 is 20.9 Å². The van der Waals surface area contributed by atoms with Crippen molar-refractivity contribution in [2.75, 3.05) is 13.1 Å². The van der Waals surface area contributed by atoms with E-state index >= 15 is 0 Å². The van der Waals surface area contributed by atoms with Crippen LogP contribution in [0, 0.1) is 10.1 Å². The predicted octanol–water partition coefficient (Wildman–Crippen LogP) is 2.53. The third kappa shape index (κ3) is 4.66. The maximum atomic E-state index is 12.7. The summed E-state index contributed by atoms with van der Waals surface area (Å²) < 4.78 is 26.7. The fourth-order valence-electron chi connectivity index (χ4n) is 2.98. The van der Waals surface area contributed by atoms with Gasteiger partial charge < -0.3 is 0 Å². The van der Waals surface area contributed by atoms with Crippen LogP contribution in [0.5, 0.6) is 0 Å². The van der Waals surface area contributed by atoms with Gasteiger partial charge in [-0.2, -0.15) is 9.41 Å². The average Bonchev–Trinajstić information content (AvgIpc) is 3.27. The van der Waals surface area contributed by atoms with Crippen LogP contribution in [-0.4, -0.2) is 42.4 Å². The van der Waals surface area contributed by atoms with E-state index in [1.165, 1.54) is 46.8 Å². The number of hydrazone groups is 1. The lowest BCUT2D eigenvalue weighted by Gasteiger charge is -2.15. The van der Waals surface area contributed by atoms with Crippen LogP contribution in [0.15, 0.2) is 58.5 Å². The van der Waals surface area contributed by atoms with Gasteiger partial charge >= 0.3 is 0 Å². The molecule has 2 aromatic carbocycles. The summed E-state index contributed by atoms with van der Waals surface area (Å²) in [5, 5.41) is 14.9. The minimum Gasteiger partial charge on any atom is -0.267 e. The Kier molecular flexibility index (Phi) is 6.04. The number of hydrogen-bond acceptors (Lipinski definition) is 6. The van der Waals surface area contributed by atoms with Crippen molar-refractivity contribution < 1.29 is 18.1 Å². The number of nitro benzene ring substituents is 1. The molecule has 1 aliphatic heterocycles. The van der Waals surface area contributed by atoms with Crippen molar-refractivity contribution in [3.8, 4) is 0 Å². The summed E-state index contributed by atoms with van der Waals surface area (Å²) in [5.41, 5.74) is 3.31. The molecule has 1 amide bonds. The van der Waals surface area contributed by atoms with Crippen molar-refractivity contribution in [1.29, 1.82) is 0 Å². The van der Waals surface area contributed by atoms with Crippen molar-refractivity contribution >= 4 is 27.3 Å². The number of nitrogens with one attached hydrogen (secondary N) is 1. The van der Waals surface area contributed by atoms with Crippen molar-refractivity contribution in [3.05, 3.63) is 69.8 Å². The van der Waals surface area contributed by atoms with Crippen LogP contribution in [0.3, 0.4) is 0 Å². The van der Waals surface area contributed by atoms with Crippen molar-refractivity contribution in [3.63, 3.8) is 0 Å². The Morgan fingerprint density at radius 1 is 1.10 bits per heavy atom. The van der Waals surface area contributed by atoms with E-state index in [0.29, 0.717) is 24.4 Å². The van der Waals surface area contributed by atoms with E-state index in [9.17, 15) is 23.3 Å². The SMILES string of the molecule is C/C(=N\NC(=O)c1cccc(S(=O)(=O)N2CCCC2)c1)c1cccc([N+](=O)[O-])c1. The molecule has 10 heteroatoms. The lowest BCUT2D eigenvalue weighted by molar-refractivity contribution is -0.384. The van der Waals surface area contributed by atoms with Crippen LogP contribution in [0.4, 0.5) is 5.69 Å². The minimum absolute atomic E-state index is 0.0615. The highest BCUT2D eigenvalue weighted by molar-refractivity contribution is 7.89. The highest BCUT2D eigenvalue weighted by atomic mass is 32.2. The largest absolute Gasteiger partial charge is 0.271 e. The number of non-ortho nitro benzene ring substituents is 1. The minimum atomic E-state index is -3.63. The first-order chi connectivity index (χ1) is 13.8. The Balaban J connectivity index is 1.76. The molecule has 1 aliphatic rings. The second-order valence-electron chi connectivity index (χ2n) is 6.58. The second kappa shape index (κ2) is 8.50. The van der Waals surface area contributed by atoms with E-state index in [-0.39, 0.29) is 16.1 Å². The molecule has 3 rings (SSSR count). The number of hydrogen-bond donors (Lipinski definition) is 1. The molecule has 1 heterocycles. The summed E-state index contributed by atoms with van der Waals surface area (Å²) in [5.74, 6) is -0.576. The van der Waals surface area contributed by atoms with E-state index in [4.69, 9.17) is 0 Å². The zero-order chi connectivity index (χ0) is 21.0. The van der Waals surface area contributed by atoms with Crippen molar-refractivity contribution in [2.45, 2.75) is 24.7 Å². The van der Waals surface area contributed by atoms with Crippen LogP contribution < -0.4 is 5.43 Å². The van der Waals surface area contributed by atoms with E-state index in [2.05, 4.69) is 10.5 Å². The van der Waals surface area contributed by atoms with Gasteiger partial charge in [-0.1, -0.05) is 18.2 Å². The maximum Gasteiger partial charge on any atom is 0.271 e. The van der Waals surface area contributed by atoms with Crippen LogP contribution in [0.2, 0.25) is 0 Å². The fourth-order valence-corrected chi connectivity index (χ4v) is 4.55. The van der Waals surface area contributed by atoms with Gasteiger partial charge in [0.05, 0.1) is 15.5 Å². The number of nitro groups is 1. The average molecular weight is 416 g/mol. The molecule has 9 nitrogen and oxygen atoms in total. The second-order valence-corrected chi connectivity index (χ2v) is 8.52. The predicted molar refractivity (Wildman–Crippen MR) is 107 cm³/mol. The molecule has 0 unspecified atom stereocenters. The first kappa shape index (κ1) is 20.6. The molecule has 0 spiro atoms. The first-order valence-electron chi connectivity index (χ1n) is 8.99. The summed E-state index contributed by atoms with van der Waals surface area (Å²) in [7, 11) is -3.63. The van der Waals surface area contributed by atoms with Crippen LogP contribution in [0.25, 0.3) is 0 Å². The fraction of sp³-hybridized carbons (Fsp3) is 0.263. The summed E-state index contributed by atoms with van der Waals surface area (Å²) in [4.78, 5) is 22.8. The maximum absolute atomic E-state index is 12.7. The van der Waals surface area contributed by atoms with E-state index in [0.717, 1.165) is 12.8 Å². The third-order valence-corrected chi connectivity index (χ3v) is 6.49. The standard InChI is InChI=1S/C19H20N4O5S/c1-14(15-6-4-8-17(12-15)23(25)26)20-21-19(24)16-7-5-9-18(13-16)29(27,28)22-10-2-3-11-22/h4-9,12-13H,2-3,10-11H2,1H3,(H,21,24)/b20-14+. The number of amides is 1. The van der Waals surface area contributed by atoms with Gasteiger partial charge in [0.25, 0.3) is 11.6 Å². The molecule has 0 atom stereocenters. The van der Waals surface area contributed by atoms with Gasteiger partial charge in [0.15, 0.2) is 0 Å². The molecule has 29 heavy (non-hydrogen) atoms. The topological polar surface area (TPSA) is 122 Å². The van der Waals surface area contributed by atoms with E-state index in [1.807, 2.05) is 0 Å². The molecule has 0 bridgehead atoms. The molecular formula is C19H20N4O5S. The molecule has 152 valence electrons. The summed E-state index contributed by atoms with van der Waals surface area (Å²) >= 11 is 0. The Morgan fingerprint density at radius 3 is 2.45 bits per heavy atom. The van der Waals surface area contributed by atoms with Gasteiger partial charge in [-0.05, 0) is 38.0 Å². The van der Waals surface area contributed by atoms with Gasteiger partial charge in [0.2, 0.25) is 10.0 Å². The molecule has 1 saturated heterocycles. The molecule has 0 aliphatic carbocycles. The van der Waals surface area contributed by atoms with Gasteiger partial charge in [0, 0.05) is 36.3 Å². The highest BCUT2D eigenvalue weighted by Crippen LogP contribution is 2.21. The smallest absolute Gasteiger partial charge is 0.267 e. The summed E-state index contributed by atoms with van der Waals surface area (Å²) in [6.45, 7) is 2.56. The van der Waals surface area contributed by atoms with Crippen LogP contribution >= 0.6 is 0 Å². The Morgan fingerprint density at radius 2 is 1.76 bits per heavy atom. The number of sulfonamides is 1. The van der Waals surface area contributed by atoms with Crippen molar-refractivity contribution in [2.24, 2.45) is 5.10 Å².